The molecule has 11 heteroatoms. The van der Waals surface area contributed by atoms with Crippen molar-refractivity contribution in [2.75, 3.05) is 19.8 Å². The Bertz CT molecular complexity index is 1400. The Kier molecular flexibility index (Phi) is 48.2. The second-order valence-corrected chi connectivity index (χ2v) is 20.7. The van der Waals surface area contributed by atoms with E-state index < -0.39 is 49.5 Å². The molecule has 0 aromatic carbocycles. The number of ether oxygens (including phenoxy) is 3. The zero-order valence-corrected chi connectivity index (χ0v) is 46.6. The topological polar surface area (TPSA) is 175 Å². The molecule has 1 aliphatic rings. The van der Waals surface area contributed by atoms with Crippen molar-refractivity contribution in [1.82, 2.24) is 5.32 Å². The molecule has 6 N–H and O–H groups in total. The number of aliphatic hydroxyl groups is 5. The third-order valence-electron chi connectivity index (χ3n) is 13.9. The number of unbranched alkanes of at least 4 members (excludes halogenated alkanes) is 30. The third kappa shape index (κ3) is 41.2. The highest BCUT2D eigenvalue weighted by atomic mass is 16.7. The Morgan fingerprint density at radius 2 is 0.986 bits per heavy atom. The Labute approximate surface area is 446 Å². The van der Waals surface area contributed by atoms with Crippen LogP contribution in [0.2, 0.25) is 0 Å². The fraction of sp³-hybridized carbons (Fsp3) is 0.806. The molecule has 1 fully saturated rings. The number of esters is 1. The molecule has 11 nitrogen and oxygen atoms in total. The van der Waals surface area contributed by atoms with E-state index in [1.54, 1.807) is 6.08 Å². The summed E-state index contributed by atoms with van der Waals surface area (Å²) in [5, 5.41) is 54.1. The molecule has 1 saturated heterocycles. The zero-order valence-electron chi connectivity index (χ0n) is 46.6. The van der Waals surface area contributed by atoms with Crippen LogP contribution in [-0.2, 0) is 23.8 Å². The van der Waals surface area contributed by atoms with Crippen LogP contribution >= 0.6 is 0 Å². The van der Waals surface area contributed by atoms with Crippen LogP contribution in [0.1, 0.15) is 258 Å². The molecule has 0 bridgehead atoms. The first-order chi connectivity index (χ1) is 35.7. The highest BCUT2D eigenvalue weighted by Crippen LogP contribution is 2.23. The van der Waals surface area contributed by atoms with Crippen LogP contribution in [0.4, 0.5) is 0 Å². The van der Waals surface area contributed by atoms with Gasteiger partial charge in [-0.15, -0.1) is 0 Å². The lowest BCUT2D eigenvalue weighted by Gasteiger charge is -2.40. The number of aliphatic hydroxyl groups excluding tert-OH is 5. The number of hydrogen-bond donors (Lipinski definition) is 6. The minimum absolute atomic E-state index is 0.00481. The largest absolute Gasteiger partial charge is 0.466 e. The number of hydrogen-bond acceptors (Lipinski definition) is 10. The highest BCUT2D eigenvalue weighted by molar-refractivity contribution is 5.76. The maximum absolute atomic E-state index is 13.0. The van der Waals surface area contributed by atoms with Gasteiger partial charge in [-0.1, -0.05) is 222 Å². The van der Waals surface area contributed by atoms with E-state index in [1.807, 2.05) is 19.1 Å². The summed E-state index contributed by atoms with van der Waals surface area (Å²) >= 11 is 0. The molecule has 7 atom stereocenters. The van der Waals surface area contributed by atoms with E-state index in [9.17, 15) is 35.1 Å². The summed E-state index contributed by atoms with van der Waals surface area (Å²) in [4.78, 5) is 25.0. The van der Waals surface area contributed by atoms with E-state index in [-0.39, 0.29) is 18.5 Å². The SMILES string of the molecule is C/C=C/CC/C=C/CC/C=C/C(O)C(COC1OC(CO)C(O)C(O)C1O)NC(=O)CCCCCCCCC/C=C\C/C=C\CCCCCCCCCCCOC(=O)CCCCCCCCCCCCCCC. The van der Waals surface area contributed by atoms with E-state index in [4.69, 9.17) is 14.2 Å². The van der Waals surface area contributed by atoms with Crippen LogP contribution < -0.4 is 5.32 Å². The third-order valence-corrected chi connectivity index (χ3v) is 13.9. The van der Waals surface area contributed by atoms with E-state index >= 15 is 0 Å². The molecule has 0 spiro atoms. The summed E-state index contributed by atoms with van der Waals surface area (Å²) in [5.74, 6) is -0.216. The van der Waals surface area contributed by atoms with Gasteiger partial charge < -0.3 is 45.1 Å². The Balaban J connectivity index is 2.03. The molecular weight excluding hydrogens is 919 g/mol. The molecule has 0 aliphatic carbocycles. The first-order valence-electron chi connectivity index (χ1n) is 30.0. The second-order valence-electron chi connectivity index (χ2n) is 20.7. The van der Waals surface area contributed by atoms with Crippen molar-refractivity contribution >= 4 is 11.9 Å². The molecule has 73 heavy (non-hydrogen) atoms. The van der Waals surface area contributed by atoms with Gasteiger partial charge in [-0.05, 0) is 84.0 Å². The van der Waals surface area contributed by atoms with Crippen LogP contribution in [0.25, 0.3) is 0 Å². The lowest BCUT2D eigenvalue weighted by atomic mass is 9.99. The predicted molar refractivity (Wildman–Crippen MR) is 301 cm³/mol. The van der Waals surface area contributed by atoms with Crippen LogP contribution in [-0.4, -0.2) is 100 Å². The van der Waals surface area contributed by atoms with Gasteiger partial charge >= 0.3 is 5.97 Å². The molecule has 7 unspecified atom stereocenters. The van der Waals surface area contributed by atoms with Crippen LogP contribution in [0, 0.1) is 0 Å². The van der Waals surface area contributed by atoms with Gasteiger partial charge in [0, 0.05) is 12.8 Å². The lowest BCUT2D eigenvalue weighted by Crippen LogP contribution is -2.60. The second kappa shape index (κ2) is 51.5. The minimum atomic E-state index is -1.58. The van der Waals surface area contributed by atoms with Crippen LogP contribution in [0.15, 0.2) is 60.8 Å². The van der Waals surface area contributed by atoms with Crippen molar-refractivity contribution < 1.29 is 49.3 Å². The molecule has 1 amide bonds. The smallest absolute Gasteiger partial charge is 0.305 e. The summed E-state index contributed by atoms with van der Waals surface area (Å²) < 4.78 is 16.6. The fourth-order valence-corrected chi connectivity index (χ4v) is 9.15. The average Bonchev–Trinajstić information content (AvgIpc) is 3.39. The average molecular weight is 1030 g/mol. The van der Waals surface area contributed by atoms with E-state index in [0.29, 0.717) is 25.9 Å². The van der Waals surface area contributed by atoms with Crippen LogP contribution in [0.5, 0.6) is 0 Å². The zero-order chi connectivity index (χ0) is 53.1. The van der Waals surface area contributed by atoms with Gasteiger partial charge in [0.1, 0.15) is 24.4 Å². The first-order valence-corrected chi connectivity index (χ1v) is 30.0. The summed E-state index contributed by atoms with van der Waals surface area (Å²) in [6.45, 7) is 4.07. The van der Waals surface area contributed by atoms with Gasteiger partial charge in [0.25, 0.3) is 0 Å². The number of nitrogens with one attached hydrogen (secondary N) is 1. The number of rotatable bonds is 51. The normalized spacial score (nSPS) is 19.4. The number of amides is 1. The lowest BCUT2D eigenvalue weighted by molar-refractivity contribution is -0.302. The minimum Gasteiger partial charge on any atom is -0.466 e. The van der Waals surface area contributed by atoms with Crippen molar-refractivity contribution in [3.63, 3.8) is 0 Å². The Morgan fingerprint density at radius 1 is 0.534 bits per heavy atom. The van der Waals surface area contributed by atoms with Gasteiger partial charge in [0.2, 0.25) is 5.91 Å². The molecule has 1 heterocycles. The molecule has 0 aromatic heterocycles. The molecule has 424 valence electrons. The maximum Gasteiger partial charge on any atom is 0.305 e. The Morgan fingerprint density at radius 3 is 1.51 bits per heavy atom. The summed E-state index contributed by atoms with van der Waals surface area (Å²) in [6, 6.07) is -0.842. The van der Waals surface area contributed by atoms with Gasteiger partial charge in [0.05, 0.1) is 32.0 Å². The molecule has 0 radical (unpaired) electrons. The molecule has 1 rings (SSSR count). The fourth-order valence-electron chi connectivity index (χ4n) is 9.15. The summed E-state index contributed by atoms with van der Waals surface area (Å²) in [7, 11) is 0. The summed E-state index contributed by atoms with van der Waals surface area (Å²) in [6.07, 6.45) is 56.4. The molecule has 1 aliphatic heterocycles. The van der Waals surface area contributed by atoms with Crippen LogP contribution in [0.3, 0.4) is 0 Å². The number of allylic oxidation sites excluding steroid dienone is 9. The quantitative estimate of drug-likeness (QED) is 0.0195. The van der Waals surface area contributed by atoms with Gasteiger partial charge in [-0.2, -0.15) is 0 Å². The van der Waals surface area contributed by atoms with Gasteiger partial charge in [0.15, 0.2) is 6.29 Å². The number of carbonyl (C=O) groups excluding carboxylic acids is 2. The predicted octanol–water partition coefficient (Wildman–Crippen LogP) is 13.8. The van der Waals surface area contributed by atoms with Crippen molar-refractivity contribution in [1.29, 1.82) is 0 Å². The highest BCUT2D eigenvalue weighted by Gasteiger charge is 2.44. The van der Waals surface area contributed by atoms with Gasteiger partial charge in [-0.25, -0.2) is 0 Å². The summed E-state index contributed by atoms with van der Waals surface area (Å²) in [5.41, 5.74) is 0. The van der Waals surface area contributed by atoms with Crippen molar-refractivity contribution in [3.05, 3.63) is 60.8 Å². The molecular formula is C62H111NO10. The number of carbonyl (C=O) groups is 2. The standard InChI is InChI=1S/C62H111NO10/c1-3-5-7-9-11-13-14-26-30-34-38-42-46-50-58(67)71-51-47-43-39-35-31-28-25-23-21-19-17-15-16-18-20-22-24-27-29-33-37-41-45-49-57(66)63-54(55(65)48-44-40-36-32-12-10-8-6-4-2)53-72-62-61(70)60(69)59(68)56(52-64)73-62/h4,6,12,15,17-18,20,32,44,48,54-56,59-62,64-65,68-70H,3,5,7-11,13-14,16,19,21-31,33-43,45-47,49-53H2,1-2H3,(H,63,66)/b6-4+,17-15-,20-18-,32-12+,48-44+. The van der Waals surface area contributed by atoms with Crippen molar-refractivity contribution in [2.45, 2.75) is 301 Å². The van der Waals surface area contributed by atoms with E-state index in [0.717, 1.165) is 89.9 Å². The van der Waals surface area contributed by atoms with E-state index in [2.05, 4.69) is 54.8 Å². The van der Waals surface area contributed by atoms with E-state index in [1.165, 1.54) is 135 Å². The van der Waals surface area contributed by atoms with Crippen molar-refractivity contribution in [3.8, 4) is 0 Å². The van der Waals surface area contributed by atoms with Crippen molar-refractivity contribution in [2.24, 2.45) is 0 Å². The first kappa shape index (κ1) is 68.4. The maximum atomic E-state index is 13.0. The molecule has 0 aromatic rings. The Hall–Kier alpha value is -2.64. The monoisotopic (exact) mass is 1030 g/mol. The molecule has 0 saturated carbocycles. The van der Waals surface area contributed by atoms with Gasteiger partial charge in [-0.3, -0.25) is 9.59 Å².